The van der Waals surface area contributed by atoms with Crippen molar-refractivity contribution < 1.29 is 19.4 Å². The van der Waals surface area contributed by atoms with Gasteiger partial charge in [0.15, 0.2) is 5.13 Å². The van der Waals surface area contributed by atoms with E-state index in [0.717, 1.165) is 13.1 Å². The summed E-state index contributed by atoms with van der Waals surface area (Å²) in [4.78, 5) is 22.6. The van der Waals surface area contributed by atoms with E-state index in [4.69, 9.17) is 9.47 Å². The molecule has 196 valence electrons. The molecule has 2 aromatic heterocycles. The molecule has 0 fully saturated rings. The highest BCUT2D eigenvalue weighted by molar-refractivity contribution is 7.13. The molecule has 4 aromatic rings. The fourth-order valence-corrected chi connectivity index (χ4v) is 4.26. The normalized spacial score (nSPS) is 11.7. The van der Waals surface area contributed by atoms with Gasteiger partial charge in [0, 0.05) is 41.5 Å². The van der Waals surface area contributed by atoms with Gasteiger partial charge in [0.2, 0.25) is 0 Å². The van der Waals surface area contributed by atoms with E-state index in [0.29, 0.717) is 51.1 Å². The molecule has 2 aromatic carbocycles. The number of pyridine rings is 1. The largest absolute Gasteiger partial charge is 0.489 e. The first kappa shape index (κ1) is 26.8. The average molecular weight is 533 g/mol. The number of urea groups is 1. The second kappa shape index (κ2) is 12.8. The predicted molar refractivity (Wildman–Crippen MR) is 147 cm³/mol. The number of hydrogen-bond acceptors (Lipinski definition) is 9. The van der Waals surface area contributed by atoms with Crippen LogP contribution in [0.4, 0.5) is 15.6 Å². The smallest absolute Gasteiger partial charge is 0.325 e. The Balaban J connectivity index is 1.44. The van der Waals surface area contributed by atoms with Crippen molar-refractivity contribution in [2.75, 3.05) is 36.9 Å². The number of thiazole rings is 1. The molecule has 2 amide bonds. The summed E-state index contributed by atoms with van der Waals surface area (Å²) in [5.74, 6) is 1.42. The topological polar surface area (TPSA) is 133 Å². The SMILES string of the molecule is CCN(CC)C[C@H](O)COc1cc2nccc(Oc3ccc(NC(=O)Nc4nccs4)cc3)c2cc1C#N. The highest BCUT2D eigenvalue weighted by atomic mass is 32.1. The molecule has 38 heavy (non-hydrogen) atoms. The van der Waals surface area contributed by atoms with E-state index in [1.54, 1.807) is 60.2 Å². The van der Waals surface area contributed by atoms with Gasteiger partial charge in [0.25, 0.3) is 0 Å². The third-order valence-corrected chi connectivity index (χ3v) is 6.40. The Labute approximate surface area is 224 Å². The van der Waals surface area contributed by atoms with Gasteiger partial charge < -0.3 is 24.8 Å². The molecule has 0 bridgehead atoms. The van der Waals surface area contributed by atoms with Crippen LogP contribution >= 0.6 is 11.3 Å². The number of amides is 2. The van der Waals surface area contributed by atoms with Crippen LogP contribution in [0.5, 0.6) is 17.2 Å². The molecule has 10 nitrogen and oxygen atoms in total. The Kier molecular flexibility index (Phi) is 9.05. The lowest BCUT2D eigenvalue weighted by Crippen LogP contribution is -2.35. The highest BCUT2D eigenvalue weighted by Crippen LogP contribution is 2.33. The number of hydrogen-bond donors (Lipinski definition) is 3. The number of fused-ring (bicyclic) bond motifs is 1. The van der Waals surface area contributed by atoms with Crippen LogP contribution in [0.2, 0.25) is 0 Å². The molecule has 0 spiro atoms. The molecule has 3 N–H and O–H groups in total. The lowest BCUT2D eigenvalue weighted by atomic mass is 10.1. The van der Waals surface area contributed by atoms with E-state index in [2.05, 4.69) is 31.6 Å². The number of anilines is 2. The number of aliphatic hydroxyl groups excluding tert-OH is 1. The molecule has 0 saturated carbocycles. The molecule has 0 radical (unpaired) electrons. The van der Waals surface area contributed by atoms with Gasteiger partial charge in [-0.3, -0.25) is 10.3 Å². The van der Waals surface area contributed by atoms with Crippen molar-refractivity contribution in [3.05, 3.63) is 65.8 Å². The highest BCUT2D eigenvalue weighted by Gasteiger charge is 2.15. The second-order valence-electron chi connectivity index (χ2n) is 8.28. The van der Waals surface area contributed by atoms with E-state index < -0.39 is 12.1 Å². The van der Waals surface area contributed by atoms with Crippen LogP contribution < -0.4 is 20.1 Å². The lowest BCUT2D eigenvalue weighted by molar-refractivity contribution is 0.0716. The summed E-state index contributed by atoms with van der Waals surface area (Å²) >= 11 is 1.33. The number of ether oxygens (including phenoxy) is 2. The van der Waals surface area contributed by atoms with Crippen LogP contribution in [0.1, 0.15) is 19.4 Å². The van der Waals surface area contributed by atoms with Gasteiger partial charge in [-0.25, -0.2) is 9.78 Å². The van der Waals surface area contributed by atoms with Crippen molar-refractivity contribution in [1.82, 2.24) is 14.9 Å². The fraction of sp³-hybridized carbons (Fsp3) is 0.259. The van der Waals surface area contributed by atoms with Gasteiger partial charge in [0.05, 0.1) is 11.1 Å². The Bertz CT molecular complexity index is 1400. The summed E-state index contributed by atoms with van der Waals surface area (Å²) < 4.78 is 11.9. The number of nitrogens with one attached hydrogen (secondary N) is 2. The van der Waals surface area contributed by atoms with Crippen LogP contribution in [-0.2, 0) is 0 Å². The zero-order chi connectivity index (χ0) is 26.9. The van der Waals surface area contributed by atoms with Crippen LogP contribution in [0.25, 0.3) is 10.9 Å². The molecule has 4 rings (SSSR count). The number of nitrogens with zero attached hydrogens (tertiary/aromatic N) is 4. The molecular formula is C27H28N6O4S. The Morgan fingerprint density at radius 2 is 1.89 bits per heavy atom. The Hall–Kier alpha value is -4.24. The quantitative estimate of drug-likeness (QED) is 0.244. The molecule has 2 heterocycles. The van der Waals surface area contributed by atoms with Crippen molar-refractivity contribution >= 4 is 39.1 Å². The maximum Gasteiger partial charge on any atom is 0.325 e. The average Bonchev–Trinajstić information content (AvgIpc) is 3.44. The summed E-state index contributed by atoms with van der Waals surface area (Å²) in [7, 11) is 0. The number of nitriles is 1. The van der Waals surface area contributed by atoms with Gasteiger partial charge in [0.1, 0.15) is 36.0 Å². The van der Waals surface area contributed by atoms with Gasteiger partial charge in [-0.2, -0.15) is 5.26 Å². The number of carbonyl (C=O) groups is 1. The number of aliphatic hydroxyl groups is 1. The first-order valence-electron chi connectivity index (χ1n) is 12.1. The van der Waals surface area contributed by atoms with Crippen LogP contribution in [0.15, 0.2) is 60.2 Å². The number of benzene rings is 2. The second-order valence-corrected chi connectivity index (χ2v) is 9.17. The zero-order valence-corrected chi connectivity index (χ0v) is 21.9. The minimum atomic E-state index is -0.685. The number of rotatable bonds is 11. The van der Waals surface area contributed by atoms with Crippen LogP contribution in [0, 0.1) is 11.3 Å². The maximum absolute atomic E-state index is 12.1. The molecule has 0 aliphatic rings. The van der Waals surface area contributed by atoms with Gasteiger partial charge >= 0.3 is 6.03 Å². The molecule has 0 saturated heterocycles. The van der Waals surface area contributed by atoms with Gasteiger partial charge in [-0.05, 0) is 49.5 Å². The van der Waals surface area contributed by atoms with Gasteiger partial charge in [-0.15, -0.1) is 11.3 Å². The van der Waals surface area contributed by atoms with E-state index in [1.807, 2.05) is 13.8 Å². The predicted octanol–water partition coefficient (Wildman–Crippen LogP) is 5.08. The van der Waals surface area contributed by atoms with E-state index in [9.17, 15) is 15.2 Å². The Morgan fingerprint density at radius 1 is 1.11 bits per heavy atom. The van der Waals surface area contributed by atoms with E-state index >= 15 is 0 Å². The first-order valence-corrected chi connectivity index (χ1v) is 13.0. The molecular weight excluding hydrogens is 504 g/mol. The summed E-state index contributed by atoms with van der Waals surface area (Å²) in [5.41, 5.74) is 1.49. The zero-order valence-electron chi connectivity index (χ0n) is 21.0. The molecule has 0 unspecified atom stereocenters. The minimum absolute atomic E-state index is 0.0646. The van der Waals surface area contributed by atoms with Crippen molar-refractivity contribution in [2.45, 2.75) is 20.0 Å². The number of likely N-dealkylation sites (N-methyl/N-ethyl adjacent to an activating group) is 1. The van der Waals surface area contributed by atoms with E-state index in [1.165, 1.54) is 11.3 Å². The Morgan fingerprint density at radius 3 is 2.58 bits per heavy atom. The van der Waals surface area contributed by atoms with Gasteiger partial charge in [-0.1, -0.05) is 13.8 Å². The number of carbonyl (C=O) groups excluding carboxylic acids is 1. The van der Waals surface area contributed by atoms with Crippen molar-refractivity contribution in [1.29, 1.82) is 5.26 Å². The van der Waals surface area contributed by atoms with Crippen molar-refractivity contribution in [2.24, 2.45) is 0 Å². The summed E-state index contributed by atoms with van der Waals surface area (Å²) in [6.07, 6.45) is 2.54. The molecule has 11 heteroatoms. The molecule has 0 aliphatic heterocycles. The molecule has 0 aliphatic carbocycles. The third kappa shape index (κ3) is 6.95. The number of aromatic nitrogens is 2. The lowest BCUT2D eigenvalue weighted by Gasteiger charge is -2.22. The minimum Gasteiger partial charge on any atom is -0.489 e. The summed E-state index contributed by atoms with van der Waals surface area (Å²) in [6.45, 7) is 6.30. The van der Waals surface area contributed by atoms with Crippen molar-refractivity contribution in [3.63, 3.8) is 0 Å². The molecule has 1 atom stereocenters. The maximum atomic E-state index is 12.1. The van der Waals surface area contributed by atoms with Crippen LogP contribution in [-0.4, -0.2) is 58.4 Å². The summed E-state index contributed by atoms with van der Waals surface area (Å²) in [6, 6.07) is 13.7. The summed E-state index contributed by atoms with van der Waals surface area (Å²) in [5, 5.41) is 28.4. The van der Waals surface area contributed by atoms with E-state index in [-0.39, 0.29) is 6.61 Å². The first-order chi connectivity index (χ1) is 18.5. The fourth-order valence-electron chi connectivity index (χ4n) is 3.74. The monoisotopic (exact) mass is 532 g/mol. The third-order valence-electron chi connectivity index (χ3n) is 5.71. The van der Waals surface area contributed by atoms with Crippen molar-refractivity contribution in [3.8, 4) is 23.3 Å². The van der Waals surface area contributed by atoms with Crippen LogP contribution in [0.3, 0.4) is 0 Å². The standard InChI is InChI=1S/C27H28N6O4S/c1-3-33(4-2)16-20(34)17-36-25-14-23-22(13-18(25)15-28)24(9-10-29-23)37-21-7-5-19(6-8-21)31-26(35)32-27-30-11-12-38-27/h5-14,20,34H,3-4,16-17H2,1-2H3,(H2,30,31,32,35)/t20-/m0/s1.